The van der Waals surface area contributed by atoms with Crippen LogP contribution in [0.5, 0.6) is 0 Å². The van der Waals surface area contributed by atoms with Crippen LogP contribution in [0.2, 0.25) is 5.02 Å². The molecule has 2 aromatic rings. The molecule has 5 heteroatoms. The third-order valence-corrected chi connectivity index (χ3v) is 3.94. The van der Waals surface area contributed by atoms with Gasteiger partial charge in [-0.15, -0.1) is 0 Å². The largest absolute Gasteiger partial charge is 0.324 e. The molecule has 1 aromatic heterocycles. The standard InChI is InChI=1S/C17H16ClN3O/c18-16-6-2-1-4-14(16)5-3-11-20-12-13-21(17(20)22)15-7-9-19-10-8-15/h1-10H,11-13H2/b5-3+. The van der Waals surface area contributed by atoms with Crippen molar-refractivity contribution in [1.29, 1.82) is 0 Å². The van der Waals surface area contributed by atoms with Crippen LogP contribution in [-0.2, 0) is 0 Å². The van der Waals surface area contributed by atoms with Crippen LogP contribution in [0, 0.1) is 0 Å². The summed E-state index contributed by atoms with van der Waals surface area (Å²) in [5, 5.41) is 0.713. The summed E-state index contributed by atoms with van der Waals surface area (Å²) in [5.41, 5.74) is 1.85. The van der Waals surface area contributed by atoms with Crippen LogP contribution in [0.1, 0.15) is 5.56 Å². The number of rotatable bonds is 4. The number of halogens is 1. The lowest BCUT2D eigenvalue weighted by atomic mass is 10.2. The molecule has 3 rings (SSSR count). The van der Waals surface area contributed by atoms with Gasteiger partial charge in [-0.1, -0.05) is 42.0 Å². The molecule has 112 valence electrons. The van der Waals surface area contributed by atoms with E-state index in [0.717, 1.165) is 11.3 Å². The number of anilines is 1. The number of nitrogens with zero attached hydrogens (tertiary/aromatic N) is 3. The molecule has 0 aliphatic carbocycles. The third kappa shape index (κ3) is 3.12. The molecule has 0 spiro atoms. The fourth-order valence-electron chi connectivity index (χ4n) is 2.43. The second-order valence-corrected chi connectivity index (χ2v) is 5.42. The Kier molecular flexibility index (Phi) is 4.39. The van der Waals surface area contributed by atoms with E-state index in [-0.39, 0.29) is 6.03 Å². The Bertz CT molecular complexity index is 687. The van der Waals surface area contributed by atoms with Crippen molar-refractivity contribution in [2.45, 2.75) is 0 Å². The maximum atomic E-state index is 12.4. The van der Waals surface area contributed by atoms with Gasteiger partial charge in [0.1, 0.15) is 0 Å². The summed E-state index contributed by atoms with van der Waals surface area (Å²) in [6, 6.07) is 11.4. The van der Waals surface area contributed by atoms with Crippen molar-refractivity contribution >= 4 is 29.4 Å². The van der Waals surface area contributed by atoms with Crippen molar-refractivity contribution < 1.29 is 4.79 Å². The molecule has 0 radical (unpaired) electrons. The quantitative estimate of drug-likeness (QED) is 0.863. The van der Waals surface area contributed by atoms with Crippen LogP contribution >= 0.6 is 11.6 Å². The van der Waals surface area contributed by atoms with E-state index in [1.54, 1.807) is 17.3 Å². The van der Waals surface area contributed by atoms with Gasteiger partial charge in [0.2, 0.25) is 0 Å². The number of urea groups is 1. The fraction of sp³-hybridized carbons (Fsp3) is 0.176. The van der Waals surface area contributed by atoms with Crippen LogP contribution in [-0.4, -0.2) is 35.5 Å². The van der Waals surface area contributed by atoms with Crippen molar-refractivity contribution in [3.05, 3.63) is 65.5 Å². The van der Waals surface area contributed by atoms with Gasteiger partial charge < -0.3 is 4.90 Å². The highest BCUT2D eigenvalue weighted by molar-refractivity contribution is 6.32. The van der Waals surface area contributed by atoms with Crippen LogP contribution < -0.4 is 4.90 Å². The number of hydrogen-bond acceptors (Lipinski definition) is 2. The minimum atomic E-state index is 0.0232. The minimum absolute atomic E-state index is 0.0232. The number of hydrogen-bond donors (Lipinski definition) is 0. The normalized spacial score (nSPS) is 15.0. The molecule has 4 nitrogen and oxygen atoms in total. The highest BCUT2D eigenvalue weighted by Crippen LogP contribution is 2.20. The van der Waals surface area contributed by atoms with Crippen molar-refractivity contribution in [3.63, 3.8) is 0 Å². The topological polar surface area (TPSA) is 36.4 Å². The molecule has 1 fully saturated rings. The smallest absolute Gasteiger partial charge is 0.319 e. The van der Waals surface area contributed by atoms with E-state index in [1.165, 1.54) is 0 Å². The fourth-order valence-corrected chi connectivity index (χ4v) is 2.63. The lowest BCUT2D eigenvalue weighted by Gasteiger charge is -2.17. The predicted molar refractivity (Wildman–Crippen MR) is 89.0 cm³/mol. The second-order valence-electron chi connectivity index (χ2n) is 5.01. The van der Waals surface area contributed by atoms with E-state index in [2.05, 4.69) is 4.98 Å². The Labute approximate surface area is 134 Å². The zero-order valence-electron chi connectivity index (χ0n) is 12.0. The Morgan fingerprint density at radius 3 is 2.68 bits per heavy atom. The number of benzene rings is 1. The summed E-state index contributed by atoms with van der Waals surface area (Å²) in [7, 11) is 0. The summed E-state index contributed by atoms with van der Waals surface area (Å²) < 4.78 is 0. The van der Waals surface area contributed by atoms with E-state index in [1.807, 2.05) is 53.5 Å². The average Bonchev–Trinajstić information content (AvgIpc) is 2.91. The summed E-state index contributed by atoms with van der Waals surface area (Å²) in [5.74, 6) is 0. The molecule has 22 heavy (non-hydrogen) atoms. The highest BCUT2D eigenvalue weighted by atomic mass is 35.5. The van der Waals surface area contributed by atoms with Crippen LogP contribution in [0.15, 0.2) is 54.9 Å². The van der Waals surface area contributed by atoms with Gasteiger partial charge in [-0.05, 0) is 23.8 Å². The summed E-state index contributed by atoms with van der Waals surface area (Å²) in [6.45, 7) is 1.99. The summed E-state index contributed by atoms with van der Waals surface area (Å²) in [6.07, 6.45) is 7.31. The zero-order valence-corrected chi connectivity index (χ0v) is 12.8. The number of carbonyl (C=O) groups is 1. The first kappa shape index (κ1) is 14.6. The van der Waals surface area contributed by atoms with Gasteiger partial charge in [0, 0.05) is 42.7 Å². The van der Waals surface area contributed by atoms with E-state index in [0.29, 0.717) is 24.7 Å². The minimum Gasteiger partial charge on any atom is -0.319 e. The molecule has 1 aromatic carbocycles. The van der Waals surface area contributed by atoms with Crippen molar-refractivity contribution in [3.8, 4) is 0 Å². The number of carbonyl (C=O) groups excluding carboxylic acids is 1. The van der Waals surface area contributed by atoms with Crippen LogP contribution in [0.25, 0.3) is 6.08 Å². The molecule has 0 bridgehead atoms. The van der Waals surface area contributed by atoms with Gasteiger partial charge in [-0.3, -0.25) is 9.88 Å². The molecular formula is C17H16ClN3O. The molecule has 0 N–H and O–H groups in total. The highest BCUT2D eigenvalue weighted by Gasteiger charge is 2.28. The van der Waals surface area contributed by atoms with E-state index in [4.69, 9.17) is 11.6 Å². The van der Waals surface area contributed by atoms with E-state index >= 15 is 0 Å². The molecule has 1 saturated heterocycles. The molecular weight excluding hydrogens is 298 g/mol. The third-order valence-electron chi connectivity index (χ3n) is 3.60. The summed E-state index contributed by atoms with van der Waals surface area (Å²) in [4.78, 5) is 19.9. The SMILES string of the molecule is O=C1N(C/C=C/c2ccccc2Cl)CCN1c1ccncc1. The lowest BCUT2D eigenvalue weighted by Crippen LogP contribution is -2.31. The van der Waals surface area contributed by atoms with Crippen molar-refractivity contribution in [2.75, 3.05) is 24.5 Å². The zero-order chi connectivity index (χ0) is 15.4. The lowest BCUT2D eigenvalue weighted by molar-refractivity contribution is 0.225. The maximum Gasteiger partial charge on any atom is 0.324 e. The van der Waals surface area contributed by atoms with Crippen molar-refractivity contribution in [2.24, 2.45) is 0 Å². The molecule has 0 atom stereocenters. The monoisotopic (exact) mass is 313 g/mol. The van der Waals surface area contributed by atoms with Gasteiger partial charge in [0.25, 0.3) is 0 Å². The van der Waals surface area contributed by atoms with Gasteiger partial charge >= 0.3 is 6.03 Å². The summed E-state index contributed by atoms with van der Waals surface area (Å²) >= 11 is 6.11. The number of pyridine rings is 1. The van der Waals surface area contributed by atoms with Gasteiger partial charge in [-0.2, -0.15) is 0 Å². The first-order chi connectivity index (χ1) is 10.8. The van der Waals surface area contributed by atoms with E-state index in [9.17, 15) is 4.79 Å². The van der Waals surface area contributed by atoms with Gasteiger partial charge in [0.05, 0.1) is 0 Å². The van der Waals surface area contributed by atoms with Crippen LogP contribution in [0.4, 0.5) is 10.5 Å². The molecule has 2 heterocycles. The molecule has 1 aliphatic rings. The Balaban J connectivity index is 1.63. The number of amides is 2. The molecule has 1 aliphatic heterocycles. The maximum absolute atomic E-state index is 12.4. The Morgan fingerprint density at radius 2 is 1.91 bits per heavy atom. The predicted octanol–water partition coefficient (Wildman–Crippen LogP) is 3.69. The molecule has 0 unspecified atom stereocenters. The molecule has 0 saturated carbocycles. The first-order valence-electron chi connectivity index (χ1n) is 7.13. The van der Waals surface area contributed by atoms with E-state index < -0.39 is 0 Å². The van der Waals surface area contributed by atoms with Gasteiger partial charge in [0.15, 0.2) is 0 Å². The molecule has 2 amide bonds. The number of aromatic nitrogens is 1. The second kappa shape index (κ2) is 6.62. The average molecular weight is 314 g/mol. The van der Waals surface area contributed by atoms with Crippen LogP contribution in [0.3, 0.4) is 0 Å². The first-order valence-corrected chi connectivity index (χ1v) is 7.51. The van der Waals surface area contributed by atoms with Gasteiger partial charge in [-0.25, -0.2) is 4.79 Å². The Morgan fingerprint density at radius 1 is 1.14 bits per heavy atom. The van der Waals surface area contributed by atoms with Crippen molar-refractivity contribution in [1.82, 2.24) is 9.88 Å². The Hall–Kier alpha value is -2.33.